The molecule has 0 amide bonds. The van der Waals surface area contributed by atoms with E-state index in [1.165, 1.54) is 21.3 Å². The van der Waals surface area contributed by atoms with Crippen LogP contribution >= 0.6 is 0 Å². The Morgan fingerprint density at radius 2 is 1.66 bits per heavy atom. The number of methoxy groups -OCH3 is 3. The minimum absolute atomic E-state index is 0.130. The van der Waals surface area contributed by atoms with Crippen LogP contribution in [0.2, 0.25) is 0 Å². The van der Waals surface area contributed by atoms with Crippen molar-refractivity contribution in [1.82, 2.24) is 0 Å². The average molecular weight is 442 g/mol. The summed E-state index contributed by atoms with van der Waals surface area (Å²) in [4.78, 5) is 24.7. The van der Waals surface area contributed by atoms with Crippen molar-refractivity contribution in [2.24, 2.45) is 0 Å². The number of fused-ring (bicyclic) bond motifs is 1. The van der Waals surface area contributed by atoms with Gasteiger partial charge in [0, 0.05) is 17.7 Å². The van der Waals surface area contributed by atoms with E-state index in [0.717, 1.165) is 0 Å². The highest BCUT2D eigenvalue weighted by atomic mass is 16.6. The summed E-state index contributed by atoms with van der Waals surface area (Å²) >= 11 is 0. The highest BCUT2D eigenvalue weighted by Gasteiger charge is 2.30. The average Bonchev–Trinajstić information content (AvgIpc) is 3.06. The quantitative estimate of drug-likeness (QED) is 0.448. The number of allylic oxidation sites excluding steroid dienone is 1. The Labute approximate surface area is 186 Å². The molecule has 32 heavy (non-hydrogen) atoms. The minimum Gasteiger partial charge on any atom is -0.496 e. The maximum absolute atomic E-state index is 13.0. The van der Waals surface area contributed by atoms with E-state index < -0.39 is 5.97 Å². The van der Waals surface area contributed by atoms with Crippen LogP contribution in [0.5, 0.6) is 28.7 Å². The first-order chi connectivity index (χ1) is 15.3. The normalized spacial score (nSPS) is 13.6. The maximum Gasteiger partial charge on any atom is 0.344 e. The first-order valence-electron chi connectivity index (χ1n) is 9.98. The molecule has 0 saturated heterocycles. The van der Waals surface area contributed by atoms with Crippen molar-refractivity contribution in [3.63, 3.8) is 0 Å². The lowest BCUT2D eigenvalue weighted by Crippen LogP contribution is -2.18. The van der Waals surface area contributed by atoms with E-state index in [0.29, 0.717) is 45.4 Å². The summed E-state index contributed by atoms with van der Waals surface area (Å²) in [6.45, 7) is 5.06. The molecule has 0 aliphatic carbocycles. The monoisotopic (exact) mass is 442 g/mol. The maximum atomic E-state index is 13.0. The fourth-order valence-corrected chi connectivity index (χ4v) is 3.31. The molecular formula is C24H26O8. The minimum atomic E-state index is -0.476. The zero-order valence-corrected chi connectivity index (χ0v) is 18.9. The van der Waals surface area contributed by atoms with E-state index in [1.54, 1.807) is 51.1 Å². The number of carbonyl (C=O) groups is 2. The van der Waals surface area contributed by atoms with Crippen LogP contribution in [0.1, 0.15) is 35.3 Å². The number of Topliss-reactive ketones (excluding diaryl/α,β-unsaturated/α-hetero) is 1. The topological polar surface area (TPSA) is 89.5 Å². The second-order valence-electron chi connectivity index (χ2n) is 7.33. The van der Waals surface area contributed by atoms with Gasteiger partial charge in [0.2, 0.25) is 5.78 Å². The molecule has 8 nitrogen and oxygen atoms in total. The molecule has 2 aromatic rings. The molecule has 3 rings (SSSR count). The molecule has 0 saturated carbocycles. The summed E-state index contributed by atoms with van der Waals surface area (Å²) in [5.41, 5.74) is 1.70. The van der Waals surface area contributed by atoms with E-state index in [2.05, 4.69) is 0 Å². The summed E-state index contributed by atoms with van der Waals surface area (Å²) in [6, 6.07) is 6.63. The smallest absolute Gasteiger partial charge is 0.344 e. The van der Waals surface area contributed by atoms with Crippen molar-refractivity contribution in [2.45, 2.75) is 26.9 Å². The molecule has 0 atom stereocenters. The molecular weight excluding hydrogens is 416 g/mol. The van der Waals surface area contributed by atoms with Crippen LogP contribution in [0, 0.1) is 6.92 Å². The van der Waals surface area contributed by atoms with Gasteiger partial charge in [-0.05, 0) is 44.5 Å². The van der Waals surface area contributed by atoms with Gasteiger partial charge in [0.1, 0.15) is 17.2 Å². The molecule has 1 aliphatic rings. The first-order valence-corrected chi connectivity index (χ1v) is 9.98. The van der Waals surface area contributed by atoms with Crippen LogP contribution in [-0.4, -0.2) is 45.8 Å². The molecule has 0 fully saturated rings. The predicted molar refractivity (Wildman–Crippen MR) is 117 cm³/mol. The van der Waals surface area contributed by atoms with Gasteiger partial charge in [-0.1, -0.05) is 0 Å². The van der Waals surface area contributed by atoms with Gasteiger partial charge >= 0.3 is 5.97 Å². The summed E-state index contributed by atoms with van der Waals surface area (Å²) in [5, 5.41) is 0. The van der Waals surface area contributed by atoms with E-state index in [-0.39, 0.29) is 24.3 Å². The van der Waals surface area contributed by atoms with Gasteiger partial charge in [-0.15, -0.1) is 0 Å². The van der Waals surface area contributed by atoms with Crippen LogP contribution in [0.15, 0.2) is 30.0 Å². The Balaban J connectivity index is 1.88. The molecule has 0 unspecified atom stereocenters. The number of ether oxygens (including phenoxy) is 6. The molecule has 0 N–H and O–H groups in total. The van der Waals surface area contributed by atoms with Crippen molar-refractivity contribution < 1.29 is 38.0 Å². The largest absolute Gasteiger partial charge is 0.496 e. The zero-order valence-electron chi connectivity index (χ0n) is 18.9. The molecule has 0 aromatic heterocycles. The molecule has 0 spiro atoms. The van der Waals surface area contributed by atoms with Gasteiger partial charge in [0.05, 0.1) is 33.0 Å². The number of rotatable bonds is 8. The lowest BCUT2D eigenvalue weighted by atomic mass is 10.0. The Bertz CT molecular complexity index is 1070. The van der Waals surface area contributed by atoms with E-state index in [9.17, 15) is 9.59 Å². The Morgan fingerprint density at radius 3 is 2.28 bits per heavy atom. The van der Waals surface area contributed by atoms with Gasteiger partial charge in [0.15, 0.2) is 23.9 Å². The lowest BCUT2D eigenvalue weighted by molar-refractivity contribution is -0.149. The molecule has 1 heterocycles. The number of esters is 1. The standard InChI is InChI=1S/C24H26O8/c1-13(2)31-22(25)12-30-16-7-14(3)23-20(10-16)32-21(24(23)26)9-15-8-18(28-5)19(29-6)11-17(15)27-4/h7-11,13H,12H2,1-6H3/b21-9-. The van der Waals surface area contributed by atoms with E-state index >= 15 is 0 Å². The highest BCUT2D eigenvalue weighted by molar-refractivity contribution is 6.15. The number of hydrogen-bond acceptors (Lipinski definition) is 8. The molecule has 8 heteroatoms. The van der Waals surface area contributed by atoms with Gasteiger partial charge in [-0.25, -0.2) is 4.79 Å². The third-order valence-electron chi connectivity index (χ3n) is 4.69. The van der Waals surface area contributed by atoms with Crippen LogP contribution in [0.3, 0.4) is 0 Å². The number of aryl methyl sites for hydroxylation is 1. The lowest BCUT2D eigenvalue weighted by Gasteiger charge is -2.12. The highest BCUT2D eigenvalue weighted by Crippen LogP contribution is 2.40. The summed E-state index contributed by atoms with van der Waals surface area (Å²) in [6.07, 6.45) is 1.36. The van der Waals surface area contributed by atoms with Crippen molar-refractivity contribution in [2.75, 3.05) is 27.9 Å². The van der Waals surface area contributed by atoms with Crippen LogP contribution in [0.25, 0.3) is 6.08 Å². The van der Waals surface area contributed by atoms with Crippen LogP contribution in [-0.2, 0) is 9.53 Å². The van der Waals surface area contributed by atoms with Crippen molar-refractivity contribution >= 4 is 17.8 Å². The van der Waals surface area contributed by atoms with Crippen LogP contribution < -0.4 is 23.7 Å². The fourth-order valence-electron chi connectivity index (χ4n) is 3.31. The molecule has 2 aromatic carbocycles. The number of benzene rings is 2. The second kappa shape index (κ2) is 9.64. The second-order valence-corrected chi connectivity index (χ2v) is 7.33. The number of hydrogen-bond donors (Lipinski definition) is 0. The van der Waals surface area contributed by atoms with Crippen molar-refractivity contribution in [1.29, 1.82) is 0 Å². The first kappa shape index (κ1) is 23.0. The summed E-state index contributed by atoms with van der Waals surface area (Å²) in [7, 11) is 4.57. The van der Waals surface area contributed by atoms with Crippen molar-refractivity contribution in [3.05, 3.63) is 46.7 Å². The Kier molecular flexibility index (Phi) is 6.92. The van der Waals surface area contributed by atoms with Gasteiger partial charge < -0.3 is 28.4 Å². The summed E-state index contributed by atoms with van der Waals surface area (Å²) in [5.74, 6) is 1.63. The van der Waals surface area contributed by atoms with Gasteiger partial charge in [0.25, 0.3) is 0 Å². The molecule has 170 valence electrons. The predicted octanol–water partition coefficient (Wildman–Crippen LogP) is 3.97. The van der Waals surface area contributed by atoms with Gasteiger partial charge in [-0.3, -0.25) is 4.79 Å². The number of ketones is 1. The molecule has 1 aliphatic heterocycles. The third-order valence-corrected chi connectivity index (χ3v) is 4.69. The van der Waals surface area contributed by atoms with Crippen LogP contribution in [0.4, 0.5) is 0 Å². The third kappa shape index (κ3) is 4.80. The van der Waals surface area contributed by atoms with E-state index in [1.807, 2.05) is 0 Å². The Morgan fingerprint density at radius 1 is 1.00 bits per heavy atom. The SMILES string of the molecule is COc1cc(OC)c(OC)cc1/C=C1\Oc2cc(OCC(=O)OC(C)C)cc(C)c2C1=O. The fraction of sp³-hybridized carbons (Fsp3) is 0.333. The Hall–Kier alpha value is -3.68. The van der Waals surface area contributed by atoms with Gasteiger partial charge in [-0.2, -0.15) is 0 Å². The zero-order chi connectivity index (χ0) is 23.4. The molecule has 0 radical (unpaired) electrons. The van der Waals surface area contributed by atoms with Crippen molar-refractivity contribution in [3.8, 4) is 28.7 Å². The molecule has 0 bridgehead atoms. The van der Waals surface area contributed by atoms with E-state index in [4.69, 9.17) is 28.4 Å². The number of carbonyl (C=O) groups excluding carboxylic acids is 2. The summed E-state index contributed by atoms with van der Waals surface area (Å²) < 4.78 is 32.5.